The molecule has 1 N–H and O–H groups in total. The van der Waals surface area contributed by atoms with Crippen LogP contribution in [0.5, 0.6) is 5.75 Å². The summed E-state index contributed by atoms with van der Waals surface area (Å²) >= 11 is 0. The Morgan fingerprint density at radius 2 is 2.09 bits per heavy atom. The number of rotatable bonds is 6. The molecule has 0 aliphatic heterocycles. The van der Waals surface area contributed by atoms with E-state index in [1.54, 1.807) is 37.3 Å². The van der Waals surface area contributed by atoms with Gasteiger partial charge in [-0.2, -0.15) is 5.26 Å². The highest BCUT2D eigenvalue weighted by Gasteiger charge is 2.09. The van der Waals surface area contributed by atoms with Gasteiger partial charge in [0.15, 0.2) is 17.3 Å². The van der Waals surface area contributed by atoms with Gasteiger partial charge < -0.3 is 10.1 Å². The van der Waals surface area contributed by atoms with Crippen LogP contribution in [0.2, 0.25) is 0 Å². The van der Waals surface area contributed by atoms with Crippen molar-refractivity contribution in [2.24, 2.45) is 0 Å². The number of nitriles is 1. The summed E-state index contributed by atoms with van der Waals surface area (Å²) in [4.78, 5) is 11.6. The maximum atomic E-state index is 13.8. The van der Waals surface area contributed by atoms with Gasteiger partial charge in [0, 0.05) is 17.8 Å². The predicted octanol–water partition coefficient (Wildman–Crippen LogP) is 3.91. The molecule has 2 aromatic carbocycles. The van der Waals surface area contributed by atoms with E-state index >= 15 is 0 Å². The van der Waals surface area contributed by atoms with E-state index in [0.717, 1.165) is 0 Å². The Morgan fingerprint density at radius 3 is 2.70 bits per heavy atom. The average molecular weight is 312 g/mol. The molecule has 0 amide bonds. The number of anilines is 1. The lowest BCUT2D eigenvalue weighted by atomic mass is 10.1. The number of hydrogen-bond acceptors (Lipinski definition) is 4. The maximum absolute atomic E-state index is 13.8. The van der Waals surface area contributed by atoms with E-state index in [0.29, 0.717) is 35.5 Å². The Kier molecular flexibility index (Phi) is 5.32. The predicted molar refractivity (Wildman–Crippen MR) is 86.1 cm³/mol. The van der Waals surface area contributed by atoms with Crippen LogP contribution in [-0.2, 0) is 6.54 Å². The molecule has 0 bridgehead atoms. The number of benzene rings is 2. The van der Waals surface area contributed by atoms with Crippen LogP contribution < -0.4 is 10.1 Å². The number of Topliss-reactive ketones (excluding diaryl/α,β-unsaturated/α-hetero) is 1. The summed E-state index contributed by atoms with van der Waals surface area (Å²) in [5.41, 5.74) is 2.22. The third-order valence-electron chi connectivity index (χ3n) is 3.31. The van der Waals surface area contributed by atoms with Gasteiger partial charge in [-0.25, -0.2) is 4.39 Å². The van der Waals surface area contributed by atoms with Gasteiger partial charge in [-0.3, -0.25) is 4.79 Å². The monoisotopic (exact) mass is 312 g/mol. The number of carbonyl (C=O) groups excluding carboxylic acids is 1. The molecule has 5 heteroatoms. The molecule has 0 spiro atoms. The summed E-state index contributed by atoms with van der Waals surface area (Å²) in [6.45, 7) is 3.99. The van der Waals surface area contributed by atoms with Gasteiger partial charge in [-0.1, -0.05) is 6.07 Å². The molecule has 0 aliphatic carbocycles. The van der Waals surface area contributed by atoms with Crippen LogP contribution >= 0.6 is 0 Å². The third-order valence-corrected chi connectivity index (χ3v) is 3.31. The van der Waals surface area contributed by atoms with E-state index in [4.69, 9.17) is 10.00 Å². The van der Waals surface area contributed by atoms with Gasteiger partial charge >= 0.3 is 0 Å². The van der Waals surface area contributed by atoms with E-state index in [1.807, 2.05) is 6.07 Å². The lowest BCUT2D eigenvalue weighted by molar-refractivity contribution is 0.101. The van der Waals surface area contributed by atoms with E-state index in [1.165, 1.54) is 13.0 Å². The zero-order valence-corrected chi connectivity index (χ0v) is 13.0. The average Bonchev–Trinajstić information content (AvgIpc) is 2.54. The minimum absolute atomic E-state index is 0.102. The molecule has 4 nitrogen and oxygen atoms in total. The molecule has 0 radical (unpaired) electrons. The molecule has 0 aromatic heterocycles. The van der Waals surface area contributed by atoms with Crippen molar-refractivity contribution in [3.05, 3.63) is 58.9 Å². The van der Waals surface area contributed by atoms with E-state index < -0.39 is 5.82 Å². The largest absolute Gasteiger partial charge is 0.491 e. The Hall–Kier alpha value is -2.87. The summed E-state index contributed by atoms with van der Waals surface area (Å²) in [5, 5.41) is 12.1. The lowest BCUT2D eigenvalue weighted by Gasteiger charge is -2.12. The normalized spacial score (nSPS) is 10.0. The zero-order valence-electron chi connectivity index (χ0n) is 13.0. The second-order valence-corrected chi connectivity index (χ2v) is 4.98. The molecule has 2 aromatic rings. The topological polar surface area (TPSA) is 62.1 Å². The van der Waals surface area contributed by atoms with Gasteiger partial charge in [-0.05, 0) is 49.7 Å². The van der Waals surface area contributed by atoms with Gasteiger partial charge in [0.05, 0.1) is 18.2 Å². The van der Waals surface area contributed by atoms with Crippen LogP contribution in [0.4, 0.5) is 10.1 Å². The first-order valence-electron chi connectivity index (χ1n) is 7.25. The van der Waals surface area contributed by atoms with Crippen LogP contribution in [0.25, 0.3) is 0 Å². The number of nitrogens with zero attached hydrogens (tertiary/aromatic N) is 1. The first-order valence-corrected chi connectivity index (χ1v) is 7.25. The second-order valence-electron chi connectivity index (χ2n) is 4.98. The molecule has 0 heterocycles. The SMILES string of the molecule is CCOc1ccc(CNc2cc(C#N)ccc2C(C)=O)cc1F. The summed E-state index contributed by atoms with van der Waals surface area (Å²) in [6, 6.07) is 11.6. The number of ether oxygens (including phenoxy) is 1. The summed E-state index contributed by atoms with van der Waals surface area (Å²) in [6.07, 6.45) is 0. The van der Waals surface area contributed by atoms with Crippen molar-refractivity contribution >= 4 is 11.5 Å². The summed E-state index contributed by atoms with van der Waals surface area (Å²) < 4.78 is 19.0. The fourth-order valence-corrected chi connectivity index (χ4v) is 2.19. The van der Waals surface area contributed by atoms with Crippen molar-refractivity contribution in [1.29, 1.82) is 5.26 Å². The number of ketones is 1. The second kappa shape index (κ2) is 7.41. The number of hydrogen-bond donors (Lipinski definition) is 1. The molecular weight excluding hydrogens is 295 g/mol. The van der Waals surface area contributed by atoms with E-state index in [9.17, 15) is 9.18 Å². The molecule has 0 atom stereocenters. The highest BCUT2D eigenvalue weighted by atomic mass is 19.1. The van der Waals surface area contributed by atoms with Crippen LogP contribution in [0.15, 0.2) is 36.4 Å². The number of nitrogens with one attached hydrogen (secondary N) is 1. The number of halogens is 1. The molecule has 0 saturated carbocycles. The zero-order chi connectivity index (χ0) is 16.8. The molecular formula is C18H17FN2O2. The fraction of sp³-hybridized carbons (Fsp3) is 0.222. The number of carbonyl (C=O) groups is 1. The maximum Gasteiger partial charge on any atom is 0.165 e. The summed E-state index contributed by atoms with van der Waals surface area (Å²) in [7, 11) is 0. The molecule has 0 fully saturated rings. The van der Waals surface area contributed by atoms with Crippen LogP contribution in [-0.4, -0.2) is 12.4 Å². The molecule has 23 heavy (non-hydrogen) atoms. The van der Waals surface area contributed by atoms with Crippen molar-refractivity contribution in [2.45, 2.75) is 20.4 Å². The Balaban J connectivity index is 2.19. The van der Waals surface area contributed by atoms with E-state index in [2.05, 4.69) is 5.32 Å². The van der Waals surface area contributed by atoms with Crippen LogP contribution in [0.3, 0.4) is 0 Å². The molecule has 2 rings (SSSR count). The minimum Gasteiger partial charge on any atom is -0.491 e. The highest BCUT2D eigenvalue weighted by Crippen LogP contribution is 2.22. The fourth-order valence-electron chi connectivity index (χ4n) is 2.19. The van der Waals surface area contributed by atoms with Crippen LogP contribution in [0.1, 0.15) is 35.3 Å². The third kappa shape index (κ3) is 4.07. The molecule has 0 aliphatic rings. The standard InChI is InChI=1S/C18H17FN2O2/c1-3-23-18-7-5-14(8-16(18)19)11-21-17-9-13(10-20)4-6-15(17)12(2)22/h4-9,21H,3,11H2,1-2H3. The molecule has 0 unspecified atom stereocenters. The minimum atomic E-state index is -0.427. The summed E-state index contributed by atoms with van der Waals surface area (Å²) in [5.74, 6) is -0.314. The van der Waals surface area contributed by atoms with Crippen molar-refractivity contribution < 1.29 is 13.9 Å². The highest BCUT2D eigenvalue weighted by molar-refractivity contribution is 5.99. The first-order chi connectivity index (χ1) is 11.0. The van der Waals surface area contributed by atoms with Gasteiger partial charge in [0.2, 0.25) is 0 Å². The van der Waals surface area contributed by atoms with Crippen LogP contribution in [0, 0.1) is 17.1 Å². The molecule has 118 valence electrons. The first kappa shape index (κ1) is 16.5. The van der Waals surface area contributed by atoms with Crippen molar-refractivity contribution in [3.63, 3.8) is 0 Å². The lowest BCUT2D eigenvalue weighted by Crippen LogP contribution is -2.06. The van der Waals surface area contributed by atoms with Gasteiger partial charge in [-0.15, -0.1) is 0 Å². The molecule has 0 saturated heterocycles. The quantitative estimate of drug-likeness (QED) is 0.821. The smallest absolute Gasteiger partial charge is 0.165 e. The van der Waals surface area contributed by atoms with Gasteiger partial charge in [0.25, 0.3) is 0 Å². The van der Waals surface area contributed by atoms with Crippen molar-refractivity contribution in [3.8, 4) is 11.8 Å². The van der Waals surface area contributed by atoms with E-state index in [-0.39, 0.29) is 11.5 Å². The van der Waals surface area contributed by atoms with Crippen molar-refractivity contribution in [2.75, 3.05) is 11.9 Å². The van der Waals surface area contributed by atoms with Gasteiger partial charge in [0.1, 0.15) is 0 Å². The van der Waals surface area contributed by atoms with Crippen molar-refractivity contribution in [1.82, 2.24) is 0 Å². The Labute approximate surface area is 134 Å². The Morgan fingerprint density at radius 1 is 1.30 bits per heavy atom. The Bertz CT molecular complexity index is 766.